The molecular formula is C14H21NO3. The minimum atomic E-state index is -0.811. The van der Waals surface area contributed by atoms with Gasteiger partial charge < -0.3 is 10.4 Å². The van der Waals surface area contributed by atoms with Gasteiger partial charge >= 0.3 is 5.97 Å². The number of hydrogen-bond acceptors (Lipinski definition) is 2. The smallest absolute Gasteiger partial charge is 0.310 e. The molecule has 0 aromatic carbocycles. The van der Waals surface area contributed by atoms with Crippen LogP contribution in [-0.2, 0) is 9.59 Å². The van der Waals surface area contributed by atoms with Gasteiger partial charge in [0.2, 0.25) is 5.91 Å². The number of nitrogens with one attached hydrogen (secondary N) is 1. The highest BCUT2D eigenvalue weighted by atomic mass is 16.4. The maximum atomic E-state index is 12.0. The van der Waals surface area contributed by atoms with Gasteiger partial charge in [0, 0.05) is 12.0 Å². The third-order valence-corrected chi connectivity index (χ3v) is 4.12. The second-order valence-electron chi connectivity index (χ2n) is 5.64. The van der Waals surface area contributed by atoms with Gasteiger partial charge in [-0.1, -0.05) is 19.1 Å². The number of carboxylic acid groups (broad SMARTS) is 1. The molecule has 1 saturated carbocycles. The second-order valence-corrected chi connectivity index (χ2v) is 5.64. The predicted molar refractivity (Wildman–Crippen MR) is 67.9 cm³/mol. The van der Waals surface area contributed by atoms with Gasteiger partial charge in [0.15, 0.2) is 0 Å². The molecule has 100 valence electrons. The van der Waals surface area contributed by atoms with Crippen molar-refractivity contribution in [2.45, 2.75) is 45.1 Å². The first-order chi connectivity index (χ1) is 8.56. The second kappa shape index (κ2) is 5.55. The van der Waals surface area contributed by atoms with E-state index in [2.05, 4.69) is 12.2 Å². The van der Waals surface area contributed by atoms with Crippen LogP contribution in [0.25, 0.3) is 0 Å². The molecule has 2 N–H and O–H groups in total. The van der Waals surface area contributed by atoms with Crippen molar-refractivity contribution in [2.75, 3.05) is 0 Å². The van der Waals surface area contributed by atoms with Crippen molar-refractivity contribution in [3.63, 3.8) is 0 Å². The van der Waals surface area contributed by atoms with Crippen molar-refractivity contribution in [3.8, 4) is 0 Å². The largest absolute Gasteiger partial charge is 0.481 e. The summed E-state index contributed by atoms with van der Waals surface area (Å²) in [5.41, 5.74) is 0. The van der Waals surface area contributed by atoms with E-state index in [4.69, 9.17) is 5.11 Å². The topological polar surface area (TPSA) is 66.4 Å². The lowest BCUT2D eigenvalue weighted by molar-refractivity contribution is -0.140. The molecule has 1 amide bonds. The van der Waals surface area contributed by atoms with E-state index in [1.54, 1.807) is 6.08 Å². The standard InChI is InChI=1S/C14H21NO3/c1-9-2-4-10(5-3-9)13(16)15-12-7-6-11(8-12)14(17)18/h6-7,9-12H,2-5,8H2,1H3,(H,15,16)(H,17,18). The fourth-order valence-corrected chi connectivity index (χ4v) is 2.81. The van der Waals surface area contributed by atoms with Crippen LogP contribution < -0.4 is 5.32 Å². The Kier molecular flexibility index (Phi) is 4.04. The van der Waals surface area contributed by atoms with E-state index in [0.29, 0.717) is 6.42 Å². The van der Waals surface area contributed by atoms with Gasteiger partial charge in [-0.15, -0.1) is 0 Å². The van der Waals surface area contributed by atoms with Crippen LogP contribution in [-0.4, -0.2) is 23.0 Å². The Hall–Kier alpha value is -1.32. The summed E-state index contributed by atoms with van der Waals surface area (Å²) in [7, 11) is 0. The van der Waals surface area contributed by atoms with Gasteiger partial charge in [-0.05, 0) is 38.0 Å². The van der Waals surface area contributed by atoms with Crippen LogP contribution in [0.4, 0.5) is 0 Å². The number of hydrogen-bond donors (Lipinski definition) is 2. The highest BCUT2D eigenvalue weighted by molar-refractivity contribution is 5.80. The third kappa shape index (κ3) is 3.12. The summed E-state index contributed by atoms with van der Waals surface area (Å²) >= 11 is 0. The minimum absolute atomic E-state index is 0.0991. The molecule has 18 heavy (non-hydrogen) atoms. The van der Waals surface area contributed by atoms with Crippen molar-refractivity contribution >= 4 is 11.9 Å². The number of carbonyl (C=O) groups excluding carboxylic acids is 1. The first-order valence-electron chi connectivity index (χ1n) is 6.77. The Balaban J connectivity index is 1.79. The molecule has 0 spiro atoms. The van der Waals surface area contributed by atoms with Crippen LogP contribution in [0.3, 0.4) is 0 Å². The zero-order valence-electron chi connectivity index (χ0n) is 10.8. The maximum absolute atomic E-state index is 12.0. The molecule has 2 aliphatic carbocycles. The van der Waals surface area contributed by atoms with E-state index in [9.17, 15) is 9.59 Å². The maximum Gasteiger partial charge on any atom is 0.310 e. The molecule has 2 atom stereocenters. The lowest BCUT2D eigenvalue weighted by atomic mass is 9.82. The van der Waals surface area contributed by atoms with Crippen molar-refractivity contribution in [3.05, 3.63) is 12.2 Å². The first-order valence-corrected chi connectivity index (χ1v) is 6.77. The summed E-state index contributed by atoms with van der Waals surface area (Å²) in [5, 5.41) is 11.8. The molecule has 0 aliphatic heterocycles. The van der Waals surface area contributed by atoms with Gasteiger partial charge in [0.05, 0.1) is 5.92 Å². The molecule has 1 fully saturated rings. The van der Waals surface area contributed by atoms with Gasteiger partial charge in [-0.2, -0.15) is 0 Å². The quantitative estimate of drug-likeness (QED) is 0.753. The fraction of sp³-hybridized carbons (Fsp3) is 0.714. The number of carbonyl (C=O) groups is 2. The van der Waals surface area contributed by atoms with Crippen molar-refractivity contribution < 1.29 is 14.7 Å². The number of carboxylic acids is 1. The molecule has 0 bridgehead atoms. The summed E-state index contributed by atoms with van der Waals surface area (Å²) in [5.74, 6) is -0.297. The molecule has 4 nitrogen and oxygen atoms in total. The van der Waals surface area contributed by atoms with Gasteiger partial charge in [0.25, 0.3) is 0 Å². The van der Waals surface area contributed by atoms with E-state index in [-0.39, 0.29) is 17.9 Å². The predicted octanol–water partition coefficient (Wildman–Crippen LogP) is 1.96. The van der Waals surface area contributed by atoms with Crippen LogP contribution in [0, 0.1) is 17.8 Å². The molecule has 0 saturated heterocycles. The van der Waals surface area contributed by atoms with E-state index >= 15 is 0 Å². The lowest BCUT2D eigenvalue weighted by Crippen LogP contribution is -2.38. The Morgan fingerprint density at radius 3 is 2.39 bits per heavy atom. The molecule has 4 heteroatoms. The Morgan fingerprint density at radius 1 is 1.17 bits per heavy atom. The van der Waals surface area contributed by atoms with E-state index < -0.39 is 11.9 Å². The molecule has 0 radical (unpaired) electrons. The molecule has 0 aromatic heterocycles. The van der Waals surface area contributed by atoms with E-state index in [0.717, 1.165) is 31.6 Å². The zero-order valence-corrected chi connectivity index (χ0v) is 10.8. The van der Waals surface area contributed by atoms with Crippen LogP contribution in [0.5, 0.6) is 0 Å². The summed E-state index contributed by atoms with van der Waals surface area (Å²) in [6, 6.07) is -0.0991. The average Bonchev–Trinajstić information content (AvgIpc) is 2.78. The molecule has 2 aliphatic rings. The highest BCUT2D eigenvalue weighted by Gasteiger charge is 2.29. The number of amides is 1. The van der Waals surface area contributed by atoms with Crippen LogP contribution in [0.1, 0.15) is 39.0 Å². The van der Waals surface area contributed by atoms with Crippen LogP contribution in [0.15, 0.2) is 12.2 Å². The third-order valence-electron chi connectivity index (χ3n) is 4.12. The van der Waals surface area contributed by atoms with Gasteiger partial charge in [-0.25, -0.2) is 0 Å². The lowest BCUT2D eigenvalue weighted by Gasteiger charge is -2.26. The average molecular weight is 251 g/mol. The summed E-state index contributed by atoms with van der Waals surface area (Å²) in [4.78, 5) is 22.9. The molecular weight excluding hydrogens is 230 g/mol. The molecule has 2 unspecified atom stereocenters. The Bertz CT molecular complexity index is 356. The summed E-state index contributed by atoms with van der Waals surface area (Å²) in [6.45, 7) is 2.23. The van der Waals surface area contributed by atoms with Crippen LogP contribution >= 0.6 is 0 Å². The van der Waals surface area contributed by atoms with Crippen molar-refractivity contribution in [1.82, 2.24) is 5.32 Å². The molecule has 2 rings (SSSR count). The monoisotopic (exact) mass is 251 g/mol. The molecule has 0 aromatic rings. The van der Waals surface area contributed by atoms with E-state index in [1.165, 1.54) is 0 Å². The van der Waals surface area contributed by atoms with E-state index in [1.807, 2.05) is 6.08 Å². The van der Waals surface area contributed by atoms with Crippen molar-refractivity contribution in [2.24, 2.45) is 17.8 Å². The zero-order chi connectivity index (χ0) is 13.1. The Morgan fingerprint density at radius 2 is 1.83 bits per heavy atom. The normalized spacial score (nSPS) is 35.4. The minimum Gasteiger partial charge on any atom is -0.481 e. The number of aliphatic carboxylic acids is 1. The first kappa shape index (κ1) is 13.1. The Labute approximate surface area is 107 Å². The highest BCUT2D eigenvalue weighted by Crippen LogP contribution is 2.29. The summed E-state index contributed by atoms with van der Waals surface area (Å²) in [6.07, 6.45) is 8.15. The molecule has 0 heterocycles. The van der Waals surface area contributed by atoms with Crippen LogP contribution in [0.2, 0.25) is 0 Å². The van der Waals surface area contributed by atoms with Crippen molar-refractivity contribution in [1.29, 1.82) is 0 Å². The van der Waals surface area contributed by atoms with Gasteiger partial charge in [-0.3, -0.25) is 9.59 Å². The fourth-order valence-electron chi connectivity index (χ4n) is 2.81. The summed E-state index contributed by atoms with van der Waals surface area (Å²) < 4.78 is 0. The van der Waals surface area contributed by atoms with Gasteiger partial charge in [0.1, 0.15) is 0 Å². The SMILES string of the molecule is CC1CCC(C(=O)NC2C=CC(C(=O)O)C2)CC1. The number of rotatable bonds is 3.